The Balaban J connectivity index is 1.52. The van der Waals surface area contributed by atoms with Crippen LogP contribution < -0.4 is 4.74 Å². The fourth-order valence-electron chi connectivity index (χ4n) is 2.13. The second-order valence-corrected chi connectivity index (χ2v) is 5.21. The number of hydrogen-bond acceptors (Lipinski definition) is 3. The Morgan fingerprint density at radius 1 is 1.32 bits per heavy atom. The summed E-state index contributed by atoms with van der Waals surface area (Å²) in [4.78, 5) is 0. The number of aromatic nitrogens is 3. The first-order chi connectivity index (χ1) is 9.34. The molecule has 0 amide bonds. The van der Waals surface area contributed by atoms with Gasteiger partial charge in [0.05, 0.1) is 6.61 Å². The molecule has 2 aromatic rings. The van der Waals surface area contributed by atoms with Gasteiger partial charge in [0.1, 0.15) is 11.6 Å². The van der Waals surface area contributed by atoms with Crippen LogP contribution in [0.25, 0.3) is 0 Å². The molecule has 0 saturated heterocycles. The van der Waals surface area contributed by atoms with Gasteiger partial charge < -0.3 is 9.30 Å². The molecule has 0 aliphatic heterocycles. The number of aromatic amines is 1. The summed E-state index contributed by atoms with van der Waals surface area (Å²) in [6.45, 7) is 1.56. The molecule has 1 aliphatic rings. The average molecular weight is 275 g/mol. The van der Waals surface area contributed by atoms with Crippen molar-refractivity contribution in [3.05, 3.63) is 40.9 Å². The SMILES string of the molecule is S=c1[nH]nc(C2CC2)n1CCCOc1ccccc1. The zero-order valence-electron chi connectivity index (χ0n) is 10.7. The highest BCUT2D eigenvalue weighted by Gasteiger charge is 2.28. The highest BCUT2D eigenvalue weighted by molar-refractivity contribution is 7.71. The fraction of sp³-hybridized carbons (Fsp3) is 0.429. The number of hydrogen-bond donors (Lipinski definition) is 1. The Kier molecular flexibility index (Phi) is 3.64. The van der Waals surface area contributed by atoms with Crippen molar-refractivity contribution in [3.63, 3.8) is 0 Å². The zero-order chi connectivity index (χ0) is 13.1. The Labute approximate surface area is 117 Å². The van der Waals surface area contributed by atoms with Crippen LogP contribution in [0.3, 0.4) is 0 Å². The number of ether oxygens (including phenoxy) is 1. The first-order valence-corrected chi connectivity index (χ1v) is 7.08. The summed E-state index contributed by atoms with van der Waals surface area (Å²) < 4.78 is 8.52. The van der Waals surface area contributed by atoms with E-state index in [1.807, 2.05) is 30.3 Å². The summed E-state index contributed by atoms with van der Waals surface area (Å²) in [5.74, 6) is 2.65. The first-order valence-electron chi connectivity index (χ1n) is 6.67. The van der Waals surface area contributed by atoms with Gasteiger partial charge in [0.25, 0.3) is 0 Å². The van der Waals surface area contributed by atoms with Crippen LogP contribution in [0.2, 0.25) is 0 Å². The van der Waals surface area contributed by atoms with Gasteiger partial charge in [0, 0.05) is 12.5 Å². The van der Waals surface area contributed by atoms with Crippen LogP contribution in [0.15, 0.2) is 30.3 Å². The van der Waals surface area contributed by atoms with Crippen molar-refractivity contribution in [3.8, 4) is 5.75 Å². The summed E-state index contributed by atoms with van der Waals surface area (Å²) in [6.07, 6.45) is 3.41. The van der Waals surface area contributed by atoms with Crippen LogP contribution in [0, 0.1) is 4.77 Å². The minimum absolute atomic E-state index is 0.614. The van der Waals surface area contributed by atoms with Crippen molar-refractivity contribution in [1.29, 1.82) is 0 Å². The van der Waals surface area contributed by atoms with Gasteiger partial charge in [-0.05, 0) is 43.6 Å². The van der Waals surface area contributed by atoms with E-state index >= 15 is 0 Å². The third kappa shape index (κ3) is 3.04. The van der Waals surface area contributed by atoms with Gasteiger partial charge in [0.15, 0.2) is 4.77 Å². The van der Waals surface area contributed by atoms with Gasteiger partial charge in [-0.1, -0.05) is 18.2 Å². The van der Waals surface area contributed by atoms with Gasteiger partial charge in [-0.3, -0.25) is 5.10 Å². The second kappa shape index (κ2) is 5.57. The molecule has 0 spiro atoms. The maximum absolute atomic E-state index is 5.68. The molecule has 19 heavy (non-hydrogen) atoms. The number of nitrogens with zero attached hydrogens (tertiary/aromatic N) is 2. The standard InChI is InChI=1S/C14H17N3OS/c19-14-16-15-13(11-7-8-11)17(14)9-4-10-18-12-5-2-1-3-6-12/h1-3,5-6,11H,4,7-10H2,(H,16,19). The van der Waals surface area contributed by atoms with E-state index in [-0.39, 0.29) is 0 Å². The number of para-hydroxylation sites is 1. The normalized spacial score (nSPS) is 14.5. The van der Waals surface area contributed by atoms with Gasteiger partial charge >= 0.3 is 0 Å². The summed E-state index contributed by atoms with van der Waals surface area (Å²) in [5.41, 5.74) is 0. The van der Waals surface area contributed by atoms with Crippen molar-refractivity contribution < 1.29 is 4.74 Å². The van der Waals surface area contributed by atoms with Gasteiger partial charge in [-0.25, -0.2) is 0 Å². The molecular weight excluding hydrogens is 258 g/mol. The van der Waals surface area contributed by atoms with Crippen LogP contribution in [-0.4, -0.2) is 21.4 Å². The molecule has 100 valence electrons. The molecule has 1 N–H and O–H groups in total. The molecule has 1 aromatic heterocycles. The van der Waals surface area contributed by atoms with E-state index in [9.17, 15) is 0 Å². The lowest BCUT2D eigenvalue weighted by Crippen LogP contribution is -2.07. The third-order valence-electron chi connectivity index (χ3n) is 3.27. The van der Waals surface area contributed by atoms with E-state index < -0.39 is 0 Å². The summed E-state index contributed by atoms with van der Waals surface area (Å²) in [5, 5.41) is 7.21. The van der Waals surface area contributed by atoms with Crippen molar-refractivity contribution in [2.75, 3.05) is 6.61 Å². The maximum atomic E-state index is 5.68. The number of rotatable bonds is 6. The van der Waals surface area contributed by atoms with E-state index in [1.165, 1.54) is 12.8 Å². The van der Waals surface area contributed by atoms with Crippen LogP contribution in [0.5, 0.6) is 5.75 Å². The maximum Gasteiger partial charge on any atom is 0.195 e. The predicted octanol–water partition coefficient (Wildman–Crippen LogP) is 3.29. The van der Waals surface area contributed by atoms with Gasteiger partial charge in [0.2, 0.25) is 0 Å². The third-order valence-corrected chi connectivity index (χ3v) is 3.58. The lowest BCUT2D eigenvalue weighted by Gasteiger charge is -2.08. The predicted molar refractivity (Wildman–Crippen MR) is 75.9 cm³/mol. The van der Waals surface area contributed by atoms with Gasteiger partial charge in [-0.2, -0.15) is 5.10 Å². The smallest absolute Gasteiger partial charge is 0.195 e. The minimum atomic E-state index is 0.614. The Morgan fingerprint density at radius 3 is 2.84 bits per heavy atom. The highest BCUT2D eigenvalue weighted by atomic mass is 32.1. The first kappa shape index (κ1) is 12.4. The van der Waals surface area contributed by atoms with Crippen LogP contribution >= 0.6 is 12.2 Å². The summed E-state index contributed by atoms with van der Waals surface area (Å²) in [7, 11) is 0. The molecule has 4 nitrogen and oxygen atoms in total. The summed E-state index contributed by atoms with van der Waals surface area (Å²) >= 11 is 5.27. The van der Waals surface area contributed by atoms with Crippen molar-refractivity contribution >= 4 is 12.2 Å². The molecule has 1 heterocycles. The quantitative estimate of drug-likeness (QED) is 0.650. The Morgan fingerprint density at radius 2 is 2.11 bits per heavy atom. The van der Waals surface area contributed by atoms with Gasteiger partial charge in [-0.15, -0.1) is 0 Å². The number of benzene rings is 1. The molecule has 0 radical (unpaired) electrons. The molecule has 1 fully saturated rings. The van der Waals surface area contributed by atoms with Crippen molar-refractivity contribution in [2.45, 2.75) is 31.7 Å². The lowest BCUT2D eigenvalue weighted by atomic mass is 10.3. The van der Waals surface area contributed by atoms with E-state index in [0.29, 0.717) is 12.5 Å². The number of H-pyrrole nitrogens is 1. The minimum Gasteiger partial charge on any atom is -0.494 e. The topological polar surface area (TPSA) is 42.8 Å². The molecule has 1 saturated carbocycles. The van der Waals surface area contributed by atoms with Crippen LogP contribution in [-0.2, 0) is 6.54 Å². The molecule has 1 aromatic carbocycles. The van der Waals surface area contributed by atoms with E-state index in [0.717, 1.165) is 29.3 Å². The molecule has 0 bridgehead atoms. The van der Waals surface area contributed by atoms with E-state index in [4.69, 9.17) is 17.0 Å². The van der Waals surface area contributed by atoms with E-state index in [1.54, 1.807) is 0 Å². The zero-order valence-corrected chi connectivity index (χ0v) is 11.5. The monoisotopic (exact) mass is 275 g/mol. The summed E-state index contributed by atoms with van der Waals surface area (Å²) in [6, 6.07) is 9.89. The second-order valence-electron chi connectivity index (χ2n) is 4.83. The molecule has 0 unspecified atom stereocenters. The van der Waals surface area contributed by atoms with Crippen LogP contribution in [0.4, 0.5) is 0 Å². The average Bonchev–Trinajstić information content (AvgIpc) is 3.21. The molecule has 3 rings (SSSR count). The molecule has 5 heteroatoms. The Bertz CT molecular complexity index is 586. The molecule has 0 atom stereocenters. The molecule has 1 aliphatic carbocycles. The number of nitrogens with one attached hydrogen (secondary N) is 1. The van der Waals surface area contributed by atoms with Crippen LogP contribution in [0.1, 0.15) is 31.0 Å². The molecular formula is C14H17N3OS. The van der Waals surface area contributed by atoms with Crippen molar-refractivity contribution in [1.82, 2.24) is 14.8 Å². The van der Waals surface area contributed by atoms with E-state index in [2.05, 4.69) is 14.8 Å². The highest BCUT2D eigenvalue weighted by Crippen LogP contribution is 2.38. The largest absolute Gasteiger partial charge is 0.494 e. The Hall–Kier alpha value is -1.62. The lowest BCUT2D eigenvalue weighted by molar-refractivity contribution is 0.300. The fourth-order valence-corrected chi connectivity index (χ4v) is 2.36. The van der Waals surface area contributed by atoms with Crippen molar-refractivity contribution in [2.24, 2.45) is 0 Å².